The summed E-state index contributed by atoms with van der Waals surface area (Å²) in [6, 6.07) is 19.6. The van der Waals surface area contributed by atoms with Crippen LogP contribution in [0.25, 0.3) is 10.9 Å². The van der Waals surface area contributed by atoms with Gasteiger partial charge in [-0.25, -0.2) is 4.98 Å². The first kappa shape index (κ1) is 31.0. The van der Waals surface area contributed by atoms with Crippen LogP contribution < -0.4 is 10.3 Å². The Morgan fingerprint density at radius 2 is 1.75 bits per heavy atom. The van der Waals surface area contributed by atoms with E-state index in [0.29, 0.717) is 43.0 Å². The molecule has 44 heavy (non-hydrogen) atoms. The summed E-state index contributed by atoms with van der Waals surface area (Å²) < 4.78 is 47.1. The number of alkyl halides is 3. The van der Waals surface area contributed by atoms with Crippen molar-refractivity contribution >= 4 is 22.7 Å². The minimum Gasteiger partial charge on any atom is -0.494 e. The number of nitrogens with zero attached hydrogens (tertiary/aromatic N) is 2. The van der Waals surface area contributed by atoms with E-state index in [1.54, 1.807) is 31.2 Å². The Labute approximate surface area is 252 Å². The molecule has 0 radical (unpaired) electrons. The molecule has 10 heteroatoms. The number of benzene rings is 3. The Morgan fingerprint density at radius 3 is 2.41 bits per heavy atom. The summed E-state index contributed by atoms with van der Waals surface area (Å²) in [6.07, 6.45) is -1.92. The predicted molar refractivity (Wildman–Crippen MR) is 159 cm³/mol. The molecule has 4 aromatic rings. The van der Waals surface area contributed by atoms with Crippen molar-refractivity contribution in [1.82, 2.24) is 9.55 Å². The number of fused-ring (bicyclic) bond motifs is 1. The Balaban J connectivity index is 1.30. The third-order valence-corrected chi connectivity index (χ3v) is 8.37. The van der Waals surface area contributed by atoms with Crippen LogP contribution in [0.2, 0.25) is 0 Å². The third kappa shape index (κ3) is 6.69. The van der Waals surface area contributed by atoms with Crippen molar-refractivity contribution in [3.05, 3.63) is 106 Å². The van der Waals surface area contributed by atoms with E-state index in [1.165, 1.54) is 16.2 Å². The van der Waals surface area contributed by atoms with Gasteiger partial charge in [-0.2, -0.15) is 13.2 Å². The molecule has 1 fully saturated rings. The number of halogens is 3. The lowest BCUT2D eigenvalue weighted by Gasteiger charge is -2.23. The van der Waals surface area contributed by atoms with E-state index >= 15 is 0 Å². The molecule has 0 aliphatic heterocycles. The highest BCUT2D eigenvalue weighted by Crippen LogP contribution is 2.40. The first-order valence-electron chi connectivity index (χ1n) is 14.7. The summed E-state index contributed by atoms with van der Waals surface area (Å²) in [4.78, 5) is 43.8. The minimum absolute atomic E-state index is 0.0578. The summed E-state index contributed by atoms with van der Waals surface area (Å²) in [5.41, 5.74) is 0.128. The van der Waals surface area contributed by atoms with Crippen molar-refractivity contribution in [2.24, 2.45) is 17.8 Å². The fraction of sp³-hybridized carbons (Fsp3) is 0.353. The molecule has 1 N–H and O–H groups in total. The smallest absolute Gasteiger partial charge is 0.416 e. The Kier molecular flexibility index (Phi) is 9.17. The number of aliphatic carboxylic acids is 1. The second-order valence-corrected chi connectivity index (χ2v) is 11.2. The number of ether oxygens (including phenoxy) is 1. The molecule has 3 atom stereocenters. The number of hydrogen-bond acceptors (Lipinski definition) is 5. The van der Waals surface area contributed by atoms with Gasteiger partial charge in [0, 0.05) is 24.4 Å². The van der Waals surface area contributed by atoms with Crippen LogP contribution in [0.5, 0.6) is 5.75 Å². The largest absolute Gasteiger partial charge is 0.494 e. The average molecular weight is 607 g/mol. The summed E-state index contributed by atoms with van der Waals surface area (Å²) in [7, 11) is 0. The second kappa shape index (κ2) is 13.0. The monoisotopic (exact) mass is 606 g/mol. The highest BCUT2D eigenvalue weighted by Gasteiger charge is 2.45. The second-order valence-electron chi connectivity index (χ2n) is 11.2. The first-order valence-corrected chi connectivity index (χ1v) is 14.7. The van der Waals surface area contributed by atoms with E-state index in [0.717, 1.165) is 25.0 Å². The number of ketones is 1. The van der Waals surface area contributed by atoms with Gasteiger partial charge in [0.05, 0.1) is 29.0 Å². The van der Waals surface area contributed by atoms with E-state index in [1.807, 2.05) is 18.2 Å². The molecule has 0 bridgehead atoms. The zero-order valence-corrected chi connectivity index (χ0v) is 24.2. The normalized spacial score (nSPS) is 18.4. The maximum absolute atomic E-state index is 13.5. The standard InChI is InChI=1S/C34H33F3N2O5/c1-2-29-38-28-17-13-24(34(35,36)37)19-27(28)32(41)39(29)20-23-12-16-26(30(23)33(42)43)31(40)22-10-14-25(15-11-22)44-18-6-9-21-7-4-3-5-8-21/h3-5,7-8,10-11,13-15,17,19,23,26,30H,2,6,9,12,16,18,20H2,1H3,(H,42,43). The summed E-state index contributed by atoms with van der Waals surface area (Å²) in [5, 5.41) is 9.98. The number of carboxylic acid groups (broad SMARTS) is 1. The molecule has 5 rings (SSSR count). The number of carbonyl (C=O) groups is 2. The summed E-state index contributed by atoms with van der Waals surface area (Å²) in [6.45, 7) is 2.21. The van der Waals surface area contributed by atoms with Gasteiger partial charge in [0.1, 0.15) is 11.6 Å². The Morgan fingerprint density at radius 1 is 1.02 bits per heavy atom. The Hall–Kier alpha value is -4.47. The Bertz CT molecular complexity index is 1700. The molecule has 3 aromatic carbocycles. The number of hydrogen-bond donors (Lipinski definition) is 1. The van der Waals surface area contributed by atoms with Crippen LogP contribution >= 0.6 is 0 Å². The molecular weight excluding hydrogens is 573 g/mol. The van der Waals surface area contributed by atoms with Crippen molar-refractivity contribution in [1.29, 1.82) is 0 Å². The molecule has 1 heterocycles. The molecule has 1 aromatic heterocycles. The molecule has 7 nitrogen and oxygen atoms in total. The molecular formula is C34H33F3N2O5. The van der Waals surface area contributed by atoms with Gasteiger partial charge in [-0.15, -0.1) is 0 Å². The highest BCUT2D eigenvalue weighted by molar-refractivity contribution is 6.00. The molecule has 1 aliphatic carbocycles. The zero-order chi connectivity index (χ0) is 31.4. The number of carbonyl (C=O) groups excluding carboxylic acids is 1. The number of aromatic nitrogens is 2. The fourth-order valence-electron chi connectivity index (χ4n) is 6.13. The van der Waals surface area contributed by atoms with Crippen LogP contribution in [0.3, 0.4) is 0 Å². The molecule has 0 spiro atoms. The molecule has 3 unspecified atom stereocenters. The lowest BCUT2D eigenvalue weighted by atomic mass is 9.84. The van der Waals surface area contributed by atoms with Crippen molar-refractivity contribution < 1.29 is 32.6 Å². The number of aryl methyl sites for hydroxylation is 2. The minimum atomic E-state index is -4.63. The van der Waals surface area contributed by atoms with Crippen LogP contribution in [-0.4, -0.2) is 33.0 Å². The molecule has 1 aliphatic rings. The van der Waals surface area contributed by atoms with Crippen LogP contribution in [-0.2, 0) is 30.4 Å². The van der Waals surface area contributed by atoms with Crippen molar-refractivity contribution in [2.45, 2.75) is 51.7 Å². The van der Waals surface area contributed by atoms with Crippen LogP contribution in [0.15, 0.2) is 77.6 Å². The van der Waals surface area contributed by atoms with Crippen LogP contribution in [0.1, 0.15) is 53.5 Å². The topological polar surface area (TPSA) is 98.5 Å². The van der Waals surface area contributed by atoms with Crippen LogP contribution in [0, 0.1) is 17.8 Å². The van der Waals surface area contributed by atoms with E-state index in [2.05, 4.69) is 17.1 Å². The van der Waals surface area contributed by atoms with Gasteiger partial charge in [0.15, 0.2) is 5.78 Å². The molecule has 0 amide bonds. The molecule has 1 saturated carbocycles. The van der Waals surface area contributed by atoms with Gasteiger partial charge >= 0.3 is 12.1 Å². The van der Waals surface area contributed by atoms with Gasteiger partial charge in [-0.1, -0.05) is 37.3 Å². The van der Waals surface area contributed by atoms with Crippen LogP contribution in [0.4, 0.5) is 13.2 Å². The SMILES string of the molecule is CCc1nc2ccc(C(F)(F)F)cc2c(=O)n1CC1CCC(C(=O)c2ccc(OCCCc3ccccc3)cc2)C1C(=O)O. The predicted octanol–water partition coefficient (Wildman–Crippen LogP) is 6.60. The van der Waals surface area contributed by atoms with Gasteiger partial charge in [-0.3, -0.25) is 19.0 Å². The summed E-state index contributed by atoms with van der Waals surface area (Å²) in [5.74, 6) is -2.94. The van der Waals surface area contributed by atoms with Crippen molar-refractivity contribution in [2.75, 3.05) is 6.61 Å². The van der Waals surface area contributed by atoms with Gasteiger partial charge in [0.2, 0.25) is 0 Å². The van der Waals surface area contributed by atoms with Crippen molar-refractivity contribution in [3.63, 3.8) is 0 Å². The number of rotatable bonds is 11. The quantitative estimate of drug-likeness (QED) is 0.153. The zero-order valence-electron chi connectivity index (χ0n) is 24.2. The lowest BCUT2D eigenvalue weighted by molar-refractivity contribution is -0.144. The van der Waals surface area contributed by atoms with E-state index in [4.69, 9.17) is 4.74 Å². The fourth-order valence-corrected chi connectivity index (χ4v) is 6.13. The highest BCUT2D eigenvalue weighted by atomic mass is 19.4. The lowest BCUT2D eigenvalue weighted by Crippen LogP contribution is -2.35. The van der Waals surface area contributed by atoms with Crippen molar-refractivity contribution in [3.8, 4) is 5.75 Å². The average Bonchev–Trinajstić information content (AvgIpc) is 3.44. The van der Waals surface area contributed by atoms with Gasteiger partial charge in [0.25, 0.3) is 5.56 Å². The summed E-state index contributed by atoms with van der Waals surface area (Å²) >= 11 is 0. The van der Waals surface area contributed by atoms with Gasteiger partial charge < -0.3 is 9.84 Å². The maximum atomic E-state index is 13.5. The third-order valence-electron chi connectivity index (χ3n) is 8.37. The molecule has 230 valence electrons. The maximum Gasteiger partial charge on any atom is 0.416 e. The van der Waals surface area contributed by atoms with E-state index in [-0.39, 0.29) is 23.2 Å². The van der Waals surface area contributed by atoms with Gasteiger partial charge in [-0.05, 0) is 79.6 Å². The molecule has 0 saturated heterocycles. The van der Waals surface area contributed by atoms with E-state index < -0.39 is 41.0 Å². The number of carboxylic acids is 1. The van der Waals surface area contributed by atoms with E-state index in [9.17, 15) is 32.7 Å². The first-order chi connectivity index (χ1) is 21.1. The number of Topliss-reactive ketones (excluding diaryl/α,β-unsaturated/α-hetero) is 1.